The molecule has 25 heteroatoms. The van der Waals surface area contributed by atoms with Crippen LogP contribution in [0.15, 0.2) is 0 Å². The molecule has 0 saturated heterocycles. The van der Waals surface area contributed by atoms with E-state index in [2.05, 4.69) is 0 Å². The van der Waals surface area contributed by atoms with Gasteiger partial charge in [-0.3, -0.25) is 18.3 Å². The molecular weight excluding hydrogens is 687 g/mol. The summed E-state index contributed by atoms with van der Waals surface area (Å²) < 4.78 is 37.5. The van der Waals surface area contributed by atoms with E-state index in [0.717, 1.165) is 0 Å². The molecule has 0 bridgehead atoms. The second-order valence-corrected chi connectivity index (χ2v) is 9.05. The molecule has 0 rings (SSSR count). The van der Waals surface area contributed by atoms with Crippen LogP contribution in [0.5, 0.6) is 0 Å². The van der Waals surface area contributed by atoms with Crippen LogP contribution in [-0.4, -0.2) is 62.0 Å². The van der Waals surface area contributed by atoms with Crippen LogP contribution in [0.3, 0.4) is 0 Å². The van der Waals surface area contributed by atoms with Crippen molar-refractivity contribution >= 4 is 53.2 Å². The van der Waals surface area contributed by atoms with Crippen LogP contribution < -0.4 is 20.4 Å². The topological polar surface area (TPSA) is 391 Å². The fourth-order valence-electron chi connectivity index (χ4n) is 0. The summed E-state index contributed by atoms with van der Waals surface area (Å²) in [5.74, 6) is 0. The van der Waals surface area contributed by atoms with E-state index in [-0.39, 0.29) is 21.1 Å². The maximum absolute atomic E-state index is 9.36. The van der Waals surface area contributed by atoms with Crippen LogP contribution >= 0.6 is 30.4 Å². The van der Waals surface area contributed by atoms with E-state index >= 15 is 0 Å². The number of carbonyl (C=O) groups is 4. The Labute approximate surface area is 171 Å². The van der Waals surface area contributed by atoms with Gasteiger partial charge in [-0.05, 0) is 0 Å². The summed E-state index contributed by atoms with van der Waals surface area (Å²) in [6, 6.07) is 0. The molecule has 0 atom stereocenters. The minimum absolute atomic E-state index is 0. The molecule has 0 aromatic rings. The third-order valence-electron chi connectivity index (χ3n) is 0.951. The summed E-state index contributed by atoms with van der Waals surface area (Å²) >= 11 is 0. The second-order valence-electron chi connectivity index (χ2n) is 3.24. The van der Waals surface area contributed by atoms with Gasteiger partial charge in [0.1, 0.15) is 0 Å². The molecule has 0 saturated carbocycles. The fraction of sp³-hybridized carbons (Fsp3) is 0. The molecule has 0 aliphatic rings. The number of hydrogen-bond acceptors (Lipinski definition) is 12. The quantitative estimate of drug-likeness (QED) is 0.127. The Morgan fingerprint density at radius 1 is 0.414 bits per heavy atom. The summed E-state index contributed by atoms with van der Waals surface area (Å²) in [5, 5.41) is 36.6. The molecule has 0 aliphatic heterocycles. The number of rotatable bonds is 4. The average Bonchev–Trinajstić information content (AvgIpc) is 2.35. The van der Waals surface area contributed by atoms with Crippen molar-refractivity contribution in [3.8, 4) is 0 Å². The smallest absolute Gasteiger partial charge is 0.538 e. The van der Waals surface area contributed by atoms with Crippen molar-refractivity contribution in [2.75, 3.05) is 0 Å². The van der Waals surface area contributed by atoms with Crippen LogP contribution in [0.1, 0.15) is 0 Å². The summed E-state index contributed by atoms with van der Waals surface area (Å²) in [7, 11) is -19.7. The van der Waals surface area contributed by atoms with E-state index in [0.29, 0.717) is 0 Å². The third-order valence-corrected chi connectivity index (χ3v) is 2.85. The molecule has 0 amide bonds. The Morgan fingerprint density at radius 3 is 0.448 bits per heavy atom. The van der Waals surface area contributed by atoms with E-state index in [9.17, 15) is 18.3 Å². The summed E-state index contributed by atoms with van der Waals surface area (Å²) in [6.07, 6.45) is 0. The standard InChI is InChI=1S/4CH3O5P.Pt/c4*2-1(3)7(4,5)6;/h4*(H,2,3)(H2,4,5,6);/q;;;;+4/p-4. The van der Waals surface area contributed by atoms with E-state index in [1.807, 2.05) is 0 Å². The molecule has 0 aromatic heterocycles. The van der Waals surface area contributed by atoms with Crippen molar-refractivity contribution in [2.45, 2.75) is 0 Å². The molecule has 0 radical (unpaired) electrons. The molecule has 8 N–H and O–H groups in total. The first-order valence-corrected chi connectivity index (χ1v) is 11.3. The van der Waals surface area contributed by atoms with Crippen LogP contribution in [0.25, 0.3) is 0 Å². The van der Waals surface area contributed by atoms with Crippen LogP contribution in [0.4, 0.5) is 19.2 Å². The van der Waals surface area contributed by atoms with E-state index < -0.39 is 53.2 Å². The largest absolute Gasteiger partial charge is 4.00 e. The van der Waals surface area contributed by atoms with Crippen LogP contribution in [0.2, 0.25) is 0 Å². The van der Waals surface area contributed by atoms with Crippen molar-refractivity contribution in [1.29, 1.82) is 0 Å². The number of hydrogen-bond donors (Lipinski definition) is 8. The molecule has 0 unspecified atom stereocenters. The molecule has 0 heterocycles. The Morgan fingerprint density at radius 2 is 0.448 bits per heavy atom. The van der Waals surface area contributed by atoms with Gasteiger partial charge in [0.2, 0.25) is 0 Å². The minimum Gasteiger partial charge on any atom is -0.538 e. The van der Waals surface area contributed by atoms with Crippen molar-refractivity contribution in [2.24, 2.45) is 0 Å². The Bertz CT molecular complexity index is 614. The van der Waals surface area contributed by atoms with Gasteiger partial charge in [-0.1, -0.05) is 0 Å². The maximum atomic E-state index is 9.36. The van der Waals surface area contributed by atoms with Gasteiger partial charge in [0.05, 0.1) is 0 Å². The number of carboxylic acid groups (broad SMARTS) is 4. The molecule has 29 heavy (non-hydrogen) atoms. The zero-order valence-electron chi connectivity index (χ0n) is 12.6. The van der Waals surface area contributed by atoms with Gasteiger partial charge < -0.3 is 78.8 Å². The molecule has 0 aliphatic carbocycles. The average molecular weight is 695 g/mol. The predicted octanol–water partition coefficient (Wildman–Crippen LogP) is -5.97. The molecule has 0 aromatic carbocycles. The van der Waals surface area contributed by atoms with E-state index in [4.69, 9.17) is 78.8 Å². The Balaban J connectivity index is -0.0000000873. The molecule has 174 valence electrons. The minimum atomic E-state index is -4.93. The summed E-state index contributed by atoms with van der Waals surface area (Å²) in [4.78, 5) is 96.9. The first-order valence-electron chi connectivity index (χ1n) is 4.86. The Hall–Kier alpha value is -0.832. The first-order chi connectivity index (χ1) is 11.8. The fourth-order valence-corrected chi connectivity index (χ4v) is 0. The van der Waals surface area contributed by atoms with Gasteiger partial charge in [0.15, 0.2) is 22.8 Å². The second kappa shape index (κ2) is 15.0. The van der Waals surface area contributed by atoms with Crippen molar-refractivity contribution in [3.05, 3.63) is 0 Å². The summed E-state index contributed by atoms with van der Waals surface area (Å²) in [6.45, 7) is 0. The monoisotopic (exact) mass is 695 g/mol. The number of carbonyl (C=O) groups excluding carboxylic acids is 4. The molecular formula is C4H8O20P4Pt. The summed E-state index contributed by atoms with van der Waals surface area (Å²) in [5.41, 5.74) is -9.36. The zero-order chi connectivity index (χ0) is 24.3. The van der Waals surface area contributed by atoms with Gasteiger partial charge in [-0.2, -0.15) is 0 Å². The zero-order valence-corrected chi connectivity index (χ0v) is 18.4. The van der Waals surface area contributed by atoms with Gasteiger partial charge in [-0.25, -0.2) is 0 Å². The van der Waals surface area contributed by atoms with Gasteiger partial charge in [0.25, 0.3) is 0 Å². The van der Waals surface area contributed by atoms with Crippen LogP contribution in [0, 0.1) is 0 Å². The molecule has 0 spiro atoms. The predicted molar refractivity (Wildman–Crippen MR) is 69.8 cm³/mol. The molecule has 20 nitrogen and oxygen atoms in total. The van der Waals surface area contributed by atoms with Gasteiger partial charge in [-0.15, -0.1) is 0 Å². The van der Waals surface area contributed by atoms with E-state index in [1.54, 1.807) is 0 Å². The van der Waals surface area contributed by atoms with Gasteiger partial charge in [0, 0.05) is 0 Å². The third kappa shape index (κ3) is 32.1. The first kappa shape index (κ1) is 38.7. The van der Waals surface area contributed by atoms with Crippen molar-refractivity contribution < 1.29 is 118 Å². The van der Waals surface area contributed by atoms with E-state index in [1.165, 1.54) is 0 Å². The van der Waals surface area contributed by atoms with Crippen LogP contribution in [-0.2, 0) is 39.3 Å². The normalized spacial score (nSPS) is 10.8. The van der Waals surface area contributed by atoms with Gasteiger partial charge >= 0.3 is 51.4 Å². The van der Waals surface area contributed by atoms with Crippen molar-refractivity contribution in [3.63, 3.8) is 0 Å². The maximum Gasteiger partial charge on any atom is 4.00 e. The van der Waals surface area contributed by atoms with Crippen molar-refractivity contribution in [1.82, 2.24) is 0 Å². The SMILES string of the molecule is O=C([O-])P(=O)(O)O.O=C([O-])P(=O)(O)O.O=C([O-])P(=O)(O)O.O=C([O-])P(=O)(O)O.[Pt+4]. The Kier molecular flexibility index (Phi) is 20.1. The molecule has 0 fully saturated rings.